The Balaban J connectivity index is 3.36. The van der Waals surface area contributed by atoms with Crippen molar-refractivity contribution in [1.29, 1.82) is 0 Å². The molecule has 0 fully saturated rings. The highest BCUT2D eigenvalue weighted by Gasteiger charge is 2.33. The predicted octanol–water partition coefficient (Wildman–Crippen LogP) is 5.48. The normalized spacial score (nSPS) is 15.1. The van der Waals surface area contributed by atoms with Crippen LogP contribution >= 0.6 is 0 Å². The highest BCUT2D eigenvalue weighted by atomic mass is 16.6. The lowest BCUT2D eigenvalue weighted by Gasteiger charge is -2.28. The summed E-state index contributed by atoms with van der Waals surface area (Å²) in [4.78, 5) is 49.5. The molecule has 5 atom stereocenters. The number of carbonyl (C=O) groups excluding carboxylic acids is 3. The molecule has 1 aromatic rings. The third-order valence-electron chi connectivity index (χ3n) is 6.74. The van der Waals surface area contributed by atoms with E-state index in [2.05, 4.69) is 0 Å². The van der Waals surface area contributed by atoms with Crippen LogP contribution in [0, 0.1) is 23.7 Å². The molecule has 0 aliphatic rings. The first kappa shape index (κ1) is 34.1. The molecule has 0 aliphatic carbocycles. The van der Waals surface area contributed by atoms with E-state index >= 15 is 0 Å². The maximum atomic E-state index is 12.8. The van der Waals surface area contributed by atoms with Crippen molar-refractivity contribution >= 4 is 23.9 Å². The fourth-order valence-electron chi connectivity index (χ4n) is 4.27. The number of carboxylic acid groups (broad SMARTS) is 1. The first-order chi connectivity index (χ1) is 18.3. The van der Waals surface area contributed by atoms with Crippen LogP contribution in [0.2, 0.25) is 0 Å². The van der Waals surface area contributed by atoms with Crippen LogP contribution in [-0.2, 0) is 23.9 Å². The van der Waals surface area contributed by atoms with E-state index in [1.54, 1.807) is 26.8 Å². The van der Waals surface area contributed by atoms with Gasteiger partial charge < -0.3 is 25.1 Å². The Kier molecular flexibility index (Phi) is 14.8. The average Bonchev–Trinajstić information content (AvgIpc) is 2.87. The van der Waals surface area contributed by atoms with Crippen LogP contribution in [0.25, 0.3) is 0 Å². The van der Waals surface area contributed by atoms with Gasteiger partial charge in [0.15, 0.2) is 11.5 Å². The molecule has 0 amide bonds. The number of hydrogen-bond donors (Lipinski definition) is 2. The summed E-state index contributed by atoms with van der Waals surface area (Å²) < 4.78 is 16.7. The molecule has 0 aliphatic heterocycles. The maximum Gasteiger partial charge on any atom is 0.321 e. The van der Waals surface area contributed by atoms with Crippen molar-refractivity contribution in [3.63, 3.8) is 0 Å². The summed E-state index contributed by atoms with van der Waals surface area (Å²) in [6, 6.07) is 3.26. The van der Waals surface area contributed by atoms with Crippen molar-refractivity contribution in [2.45, 2.75) is 99.0 Å². The number of ether oxygens (including phenoxy) is 3. The Hall–Kier alpha value is -2.94. The largest absolute Gasteiger partial charge is 0.480 e. The van der Waals surface area contributed by atoms with Gasteiger partial charge in [-0.25, -0.2) is 0 Å². The number of benzene rings is 1. The van der Waals surface area contributed by atoms with Crippen molar-refractivity contribution in [3.8, 4) is 11.5 Å². The van der Waals surface area contributed by atoms with E-state index in [0.29, 0.717) is 30.7 Å². The first-order valence-electron chi connectivity index (χ1n) is 14.0. The summed E-state index contributed by atoms with van der Waals surface area (Å²) >= 11 is 0. The zero-order chi connectivity index (χ0) is 29.7. The van der Waals surface area contributed by atoms with Gasteiger partial charge >= 0.3 is 23.9 Å². The van der Waals surface area contributed by atoms with Gasteiger partial charge in [-0.05, 0) is 48.8 Å². The van der Waals surface area contributed by atoms with Crippen LogP contribution in [0.4, 0.5) is 0 Å². The highest BCUT2D eigenvalue weighted by molar-refractivity contribution is 5.79. The number of aliphatic carboxylic acids is 1. The molecule has 9 heteroatoms. The van der Waals surface area contributed by atoms with Crippen LogP contribution in [0.5, 0.6) is 11.5 Å². The van der Waals surface area contributed by atoms with E-state index in [4.69, 9.17) is 19.9 Å². The second-order valence-electron chi connectivity index (χ2n) is 10.9. The Labute approximate surface area is 232 Å². The van der Waals surface area contributed by atoms with Gasteiger partial charge in [-0.1, -0.05) is 67.4 Å². The van der Waals surface area contributed by atoms with Crippen molar-refractivity contribution in [1.82, 2.24) is 0 Å². The molecule has 39 heavy (non-hydrogen) atoms. The second kappa shape index (κ2) is 16.9. The lowest BCUT2D eigenvalue weighted by molar-refractivity contribution is -0.146. The predicted molar refractivity (Wildman–Crippen MR) is 148 cm³/mol. The van der Waals surface area contributed by atoms with Crippen molar-refractivity contribution in [2.75, 3.05) is 6.61 Å². The Morgan fingerprint density at radius 1 is 0.846 bits per heavy atom. The molecule has 0 radical (unpaired) electrons. The lowest BCUT2D eigenvalue weighted by Crippen LogP contribution is -2.40. The second-order valence-corrected chi connectivity index (χ2v) is 10.9. The van der Waals surface area contributed by atoms with Crippen LogP contribution < -0.4 is 15.2 Å². The minimum Gasteiger partial charge on any atom is -0.480 e. The molecular weight excluding hydrogens is 502 g/mol. The van der Waals surface area contributed by atoms with Crippen molar-refractivity contribution in [3.05, 3.63) is 23.8 Å². The number of carbonyl (C=O) groups is 4. The van der Waals surface area contributed by atoms with Gasteiger partial charge in [0.25, 0.3) is 0 Å². The zero-order valence-electron chi connectivity index (χ0n) is 24.5. The van der Waals surface area contributed by atoms with Crippen LogP contribution in [0.1, 0.15) is 98.5 Å². The van der Waals surface area contributed by atoms with E-state index in [9.17, 15) is 24.3 Å². The third-order valence-corrected chi connectivity index (χ3v) is 6.74. The molecule has 9 nitrogen and oxygen atoms in total. The van der Waals surface area contributed by atoms with Gasteiger partial charge in [0, 0.05) is 12.3 Å². The number of esters is 3. The Morgan fingerprint density at radius 3 is 1.87 bits per heavy atom. The lowest BCUT2D eigenvalue weighted by atomic mass is 9.82. The molecule has 0 saturated carbocycles. The summed E-state index contributed by atoms with van der Waals surface area (Å²) in [6.07, 6.45) is 3.81. The standard InChI is InChI=1S/C30H47NO8/c1-8-10-19(5)29(35)38-23-14-13-22(16-24(23)39-30(36)20(6)11-9-2)26(27(31)28(33)34)21(7)17-37-25(32)15-12-18(3)4/h13-14,16,18-21,26-27H,8-12,15,17,31H2,1-7H3,(H,33,34)/t19?,20?,21?,26?,27-/m0/s1. The van der Waals surface area contributed by atoms with E-state index in [0.717, 1.165) is 12.8 Å². The van der Waals surface area contributed by atoms with Gasteiger partial charge in [0.2, 0.25) is 0 Å². The number of hydrogen-bond acceptors (Lipinski definition) is 8. The Bertz CT molecular complexity index is 960. The number of rotatable bonds is 17. The number of nitrogens with two attached hydrogens (primary N) is 1. The fraction of sp³-hybridized carbons (Fsp3) is 0.667. The maximum absolute atomic E-state index is 12.8. The fourth-order valence-corrected chi connectivity index (χ4v) is 4.27. The molecule has 0 saturated heterocycles. The van der Waals surface area contributed by atoms with Crippen molar-refractivity contribution < 1.29 is 38.5 Å². The minimum absolute atomic E-state index is 0.0150. The van der Waals surface area contributed by atoms with E-state index in [1.165, 1.54) is 12.1 Å². The summed E-state index contributed by atoms with van der Waals surface area (Å²) in [5.74, 6) is -4.09. The molecule has 0 aromatic heterocycles. The van der Waals surface area contributed by atoms with Gasteiger partial charge in [-0.15, -0.1) is 0 Å². The SMILES string of the molecule is CCCC(C)C(=O)Oc1ccc(C(C(C)COC(=O)CCC(C)C)[C@H](N)C(=O)O)cc1OC(=O)C(C)CCC. The van der Waals surface area contributed by atoms with Gasteiger partial charge in [0.1, 0.15) is 6.04 Å². The minimum atomic E-state index is -1.32. The smallest absolute Gasteiger partial charge is 0.321 e. The van der Waals surface area contributed by atoms with Crippen LogP contribution in [0.3, 0.4) is 0 Å². The van der Waals surface area contributed by atoms with Crippen LogP contribution in [0.15, 0.2) is 18.2 Å². The number of carboxylic acids is 1. The van der Waals surface area contributed by atoms with Gasteiger partial charge in [-0.2, -0.15) is 0 Å². The summed E-state index contributed by atoms with van der Waals surface area (Å²) in [7, 11) is 0. The van der Waals surface area contributed by atoms with E-state index in [1.807, 2.05) is 27.7 Å². The first-order valence-corrected chi connectivity index (χ1v) is 14.0. The summed E-state index contributed by atoms with van der Waals surface area (Å²) in [5, 5.41) is 9.73. The molecule has 3 N–H and O–H groups in total. The van der Waals surface area contributed by atoms with Gasteiger partial charge in [-0.3, -0.25) is 19.2 Å². The molecule has 0 heterocycles. The molecule has 4 unspecified atom stereocenters. The van der Waals surface area contributed by atoms with Gasteiger partial charge in [0.05, 0.1) is 18.4 Å². The van der Waals surface area contributed by atoms with E-state index < -0.39 is 35.8 Å². The molecular formula is C30H47NO8. The molecule has 0 bridgehead atoms. The van der Waals surface area contributed by atoms with Crippen molar-refractivity contribution in [2.24, 2.45) is 29.4 Å². The topological polar surface area (TPSA) is 142 Å². The molecule has 1 aromatic carbocycles. The third kappa shape index (κ3) is 11.4. The highest BCUT2D eigenvalue weighted by Crippen LogP contribution is 2.36. The average molecular weight is 550 g/mol. The monoisotopic (exact) mass is 549 g/mol. The summed E-state index contributed by atoms with van der Waals surface area (Å²) in [5.41, 5.74) is 6.56. The summed E-state index contributed by atoms with van der Waals surface area (Å²) in [6.45, 7) is 13.2. The molecule has 1 rings (SSSR count). The molecule has 220 valence electrons. The molecule has 0 spiro atoms. The zero-order valence-corrected chi connectivity index (χ0v) is 24.5. The van der Waals surface area contributed by atoms with Crippen LogP contribution in [-0.4, -0.2) is 41.6 Å². The van der Waals surface area contributed by atoms with E-state index in [-0.39, 0.29) is 42.3 Å². The quantitative estimate of drug-likeness (QED) is 0.191. The Morgan fingerprint density at radius 2 is 1.38 bits per heavy atom.